The quantitative estimate of drug-likeness (QED) is 0.741. The Morgan fingerprint density at radius 3 is 2.67 bits per heavy atom. The van der Waals surface area contributed by atoms with E-state index in [-0.39, 0.29) is 17.4 Å². The third kappa shape index (κ3) is 3.17. The van der Waals surface area contributed by atoms with Gasteiger partial charge in [0.15, 0.2) is 0 Å². The summed E-state index contributed by atoms with van der Waals surface area (Å²) in [4.78, 5) is 16.2. The van der Waals surface area contributed by atoms with Gasteiger partial charge in [-0.2, -0.15) is 15.0 Å². The zero-order chi connectivity index (χ0) is 14.7. The lowest BCUT2D eigenvalue weighted by Gasteiger charge is -2.13. The van der Waals surface area contributed by atoms with Crippen molar-refractivity contribution >= 4 is 11.6 Å². The van der Waals surface area contributed by atoms with E-state index in [0.29, 0.717) is 5.95 Å². The average Bonchev–Trinajstić information content (AvgIpc) is 3.02. The third-order valence-corrected chi connectivity index (χ3v) is 3.03. The Bertz CT molecular complexity index is 717. The van der Waals surface area contributed by atoms with Crippen LogP contribution >= 0.6 is 11.6 Å². The van der Waals surface area contributed by atoms with E-state index in [2.05, 4.69) is 19.9 Å². The van der Waals surface area contributed by atoms with Crippen molar-refractivity contribution in [2.45, 2.75) is 13.0 Å². The number of ether oxygens (including phenoxy) is 1. The summed E-state index contributed by atoms with van der Waals surface area (Å²) in [6, 6.07) is 9.98. The monoisotopic (exact) mass is 301 g/mol. The second-order valence-corrected chi connectivity index (χ2v) is 4.67. The topological polar surface area (TPSA) is 65.7 Å². The lowest BCUT2D eigenvalue weighted by molar-refractivity contribution is 0.206. The summed E-state index contributed by atoms with van der Waals surface area (Å²) in [5.74, 6) is 0.364. The number of imidazole rings is 1. The number of hydrogen-bond acceptors (Lipinski definition) is 5. The van der Waals surface area contributed by atoms with Gasteiger partial charge in [0.2, 0.25) is 11.2 Å². The minimum atomic E-state index is -0.194. The SMILES string of the molecule is CC(Oc1nc(Cl)nc(-n2ccnc2)n1)c1ccccc1. The molecule has 0 saturated carbocycles. The van der Waals surface area contributed by atoms with Crippen molar-refractivity contribution in [2.24, 2.45) is 0 Å². The molecule has 0 aliphatic heterocycles. The molecule has 1 unspecified atom stereocenters. The van der Waals surface area contributed by atoms with E-state index < -0.39 is 0 Å². The minimum absolute atomic E-state index is 0.0731. The minimum Gasteiger partial charge on any atom is -0.455 e. The van der Waals surface area contributed by atoms with Crippen LogP contribution in [-0.4, -0.2) is 24.5 Å². The second kappa shape index (κ2) is 5.88. The fourth-order valence-electron chi connectivity index (χ4n) is 1.82. The molecule has 2 aromatic heterocycles. The summed E-state index contributed by atoms with van der Waals surface area (Å²) in [6.07, 6.45) is 4.73. The Kier molecular flexibility index (Phi) is 3.79. The van der Waals surface area contributed by atoms with Gasteiger partial charge in [-0.1, -0.05) is 30.3 Å². The van der Waals surface area contributed by atoms with Gasteiger partial charge in [0.05, 0.1) is 0 Å². The number of halogens is 1. The largest absolute Gasteiger partial charge is 0.455 e. The maximum atomic E-state index is 5.92. The van der Waals surface area contributed by atoms with E-state index in [0.717, 1.165) is 5.56 Å². The average molecular weight is 302 g/mol. The van der Waals surface area contributed by atoms with Crippen LogP contribution in [0, 0.1) is 0 Å². The standard InChI is InChI=1S/C14H12ClN5O/c1-10(11-5-3-2-4-6-11)21-14-18-12(15)17-13(19-14)20-8-7-16-9-20/h2-10H,1H3. The van der Waals surface area contributed by atoms with E-state index in [1.54, 1.807) is 23.3 Å². The highest BCUT2D eigenvalue weighted by molar-refractivity contribution is 6.28. The number of benzene rings is 1. The maximum absolute atomic E-state index is 5.92. The van der Waals surface area contributed by atoms with E-state index in [1.807, 2.05) is 37.3 Å². The molecule has 0 saturated heterocycles. The van der Waals surface area contributed by atoms with Gasteiger partial charge in [0, 0.05) is 12.4 Å². The molecule has 6 nitrogen and oxygen atoms in total. The van der Waals surface area contributed by atoms with Crippen LogP contribution in [0.1, 0.15) is 18.6 Å². The highest BCUT2D eigenvalue weighted by atomic mass is 35.5. The fourth-order valence-corrected chi connectivity index (χ4v) is 1.97. The Morgan fingerprint density at radius 2 is 1.95 bits per heavy atom. The van der Waals surface area contributed by atoms with Crippen LogP contribution in [0.25, 0.3) is 5.95 Å². The first-order valence-corrected chi connectivity index (χ1v) is 6.71. The predicted octanol–water partition coefficient (Wildman–Crippen LogP) is 2.85. The van der Waals surface area contributed by atoms with Crippen LogP contribution in [-0.2, 0) is 0 Å². The third-order valence-electron chi connectivity index (χ3n) is 2.86. The van der Waals surface area contributed by atoms with E-state index in [9.17, 15) is 0 Å². The summed E-state index contributed by atoms with van der Waals surface area (Å²) in [5.41, 5.74) is 1.03. The molecule has 2 heterocycles. The van der Waals surface area contributed by atoms with Crippen LogP contribution in [0.2, 0.25) is 5.28 Å². The Hall–Kier alpha value is -2.47. The van der Waals surface area contributed by atoms with Crippen molar-refractivity contribution in [2.75, 3.05) is 0 Å². The first-order valence-electron chi connectivity index (χ1n) is 6.34. The molecule has 3 rings (SSSR count). The van der Waals surface area contributed by atoms with Gasteiger partial charge in [-0.25, -0.2) is 4.98 Å². The lowest BCUT2D eigenvalue weighted by Crippen LogP contribution is -2.09. The Labute approximate surface area is 126 Å². The molecule has 0 aliphatic rings. The number of aromatic nitrogens is 5. The van der Waals surface area contributed by atoms with Gasteiger partial charge in [-0.05, 0) is 24.1 Å². The van der Waals surface area contributed by atoms with Crippen molar-refractivity contribution in [3.05, 3.63) is 59.9 Å². The van der Waals surface area contributed by atoms with Crippen molar-refractivity contribution in [3.8, 4) is 12.0 Å². The molecular weight excluding hydrogens is 290 g/mol. The van der Waals surface area contributed by atoms with Crippen molar-refractivity contribution in [1.29, 1.82) is 0 Å². The zero-order valence-corrected chi connectivity index (χ0v) is 12.0. The molecule has 0 N–H and O–H groups in total. The molecule has 0 spiro atoms. The van der Waals surface area contributed by atoms with Crippen molar-refractivity contribution in [1.82, 2.24) is 24.5 Å². The highest BCUT2D eigenvalue weighted by Crippen LogP contribution is 2.20. The maximum Gasteiger partial charge on any atom is 0.323 e. The van der Waals surface area contributed by atoms with E-state index in [4.69, 9.17) is 16.3 Å². The fraction of sp³-hybridized carbons (Fsp3) is 0.143. The van der Waals surface area contributed by atoms with Gasteiger partial charge in [-0.15, -0.1) is 0 Å². The molecule has 0 aliphatic carbocycles. The summed E-state index contributed by atoms with van der Waals surface area (Å²) in [5, 5.41) is 0.0731. The van der Waals surface area contributed by atoms with Crippen molar-refractivity contribution < 1.29 is 4.74 Å². The number of rotatable bonds is 4. The summed E-state index contributed by atoms with van der Waals surface area (Å²) >= 11 is 5.92. The van der Waals surface area contributed by atoms with Gasteiger partial charge >= 0.3 is 6.01 Å². The van der Waals surface area contributed by atoms with Gasteiger partial charge < -0.3 is 4.74 Å². The molecule has 21 heavy (non-hydrogen) atoms. The van der Waals surface area contributed by atoms with E-state index in [1.165, 1.54) is 0 Å². The zero-order valence-electron chi connectivity index (χ0n) is 11.2. The number of nitrogens with zero attached hydrogens (tertiary/aromatic N) is 5. The normalized spacial score (nSPS) is 12.1. The molecule has 0 fully saturated rings. The molecule has 7 heteroatoms. The number of hydrogen-bond donors (Lipinski definition) is 0. The highest BCUT2D eigenvalue weighted by Gasteiger charge is 2.12. The van der Waals surface area contributed by atoms with Gasteiger partial charge in [0.1, 0.15) is 12.4 Å². The Balaban J connectivity index is 1.86. The molecule has 1 atom stereocenters. The first kappa shape index (κ1) is 13.5. The molecule has 0 radical (unpaired) electrons. The Morgan fingerprint density at radius 1 is 1.14 bits per heavy atom. The van der Waals surface area contributed by atoms with Crippen LogP contribution in [0.4, 0.5) is 0 Å². The van der Waals surface area contributed by atoms with Gasteiger partial charge in [0.25, 0.3) is 0 Å². The summed E-state index contributed by atoms with van der Waals surface area (Å²) in [7, 11) is 0. The molecule has 3 aromatic rings. The van der Waals surface area contributed by atoms with Crippen LogP contribution < -0.4 is 4.74 Å². The van der Waals surface area contributed by atoms with Crippen LogP contribution in [0.3, 0.4) is 0 Å². The predicted molar refractivity (Wildman–Crippen MR) is 77.4 cm³/mol. The lowest BCUT2D eigenvalue weighted by atomic mass is 10.1. The molecule has 0 bridgehead atoms. The van der Waals surface area contributed by atoms with Crippen LogP contribution in [0.15, 0.2) is 49.1 Å². The molecular formula is C14H12ClN5O. The van der Waals surface area contributed by atoms with Gasteiger partial charge in [-0.3, -0.25) is 4.57 Å². The molecule has 106 valence electrons. The molecule has 0 amide bonds. The second-order valence-electron chi connectivity index (χ2n) is 4.33. The van der Waals surface area contributed by atoms with E-state index >= 15 is 0 Å². The van der Waals surface area contributed by atoms with Crippen LogP contribution in [0.5, 0.6) is 6.01 Å². The smallest absolute Gasteiger partial charge is 0.323 e. The summed E-state index contributed by atoms with van der Waals surface area (Å²) in [6.45, 7) is 1.92. The molecule has 1 aromatic carbocycles. The first-order chi connectivity index (χ1) is 10.2. The van der Waals surface area contributed by atoms with Crippen molar-refractivity contribution in [3.63, 3.8) is 0 Å². The summed E-state index contributed by atoms with van der Waals surface area (Å²) < 4.78 is 7.37.